The number of aliphatic hydroxyl groups is 1. The third-order valence-electron chi connectivity index (χ3n) is 5.77. The van der Waals surface area contributed by atoms with Crippen LogP contribution in [0.2, 0.25) is 0 Å². The minimum atomic E-state index is -0.438. The summed E-state index contributed by atoms with van der Waals surface area (Å²) in [5.74, 6) is 0.211. The fourth-order valence-corrected chi connectivity index (χ4v) is 4.16. The Morgan fingerprint density at radius 3 is 2.97 bits per heavy atom. The molecule has 8 nitrogen and oxygen atoms in total. The first-order valence-corrected chi connectivity index (χ1v) is 10.1. The van der Waals surface area contributed by atoms with Crippen LogP contribution in [0.3, 0.4) is 0 Å². The zero-order chi connectivity index (χ0) is 20.6. The summed E-state index contributed by atoms with van der Waals surface area (Å²) in [6.07, 6.45) is 7.70. The van der Waals surface area contributed by atoms with E-state index in [4.69, 9.17) is 4.74 Å². The van der Waals surface area contributed by atoms with Crippen molar-refractivity contribution in [1.29, 1.82) is 0 Å². The Labute approximate surface area is 170 Å². The second kappa shape index (κ2) is 7.84. The summed E-state index contributed by atoms with van der Waals surface area (Å²) < 4.78 is 7.78. The number of nitrogens with one attached hydrogen (secondary N) is 1. The molecule has 0 amide bonds. The lowest BCUT2D eigenvalue weighted by atomic mass is 10.1. The first kappa shape index (κ1) is 20.0. The largest absolute Gasteiger partial charge is 0.393 e. The molecule has 0 spiro atoms. The van der Waals surface area contributed by atoms with E-state index in [-0.39, 0.29) is 29.4 Å². The molecule has 2 aromatic rings. The van der Waals surface area contributed by atoms with Gasteiger partial charge in [0.25, 0.3) is 0 Å². The Balaban J connectivity index is 1.46. The van der Waals surface area contributed by atoms with Crippen LogP contribution in [-0.2, 0) is 11.3 Å². The molecule has 0 unspecified atom stereocenters. The SMILES string of the molecule is [CH2][C@@H]1C[C@@H](Nc2ncncc2C(=O)c2ccn(C[C@H]3CCC(C)(C)O3)n2)C[C@@H]1O. The summed E-state index contributed by atoms with van der Waals surface area (Å²) in [6.45, 7) is 8.76. The molecule has 1 saturated carbocycles. The average Bonchev–Trinajstić information content (AvgIpc) is 3.35. The van der Waals surface area contributed by atoms with E-state index in [1.54, 1.807) is 16.9 Å². The normalized spacial score (nSPS) is 28.6. The smallest absolute Gasteiger partial charge is 0.218 e. The van der Waals surface area contributed by atoms with Gasteiger partial charge >= 0.3 is 0 Å². The number of carbonyl (C=O) groups is 1. The Hall–Kier alpha value is -2.32. The van der Waals surface area contributed by atoms with Gasteiger partial charge in [-0.1, -0.05) is 0 Å². The van der Waals surface area contributed by atoms with E-state index in [0.717, 1.165) is 19.3 Å². The highest BCUT2D eigenvalue weighted by molar-refractivity contribution is 6.10. The molecule has 1 aliphatic heterocycles. The summed E-state index contributed by atoms with van der Waals surface area (Å²) in [4.78, 5) is 21.3. The summed E-state index contributed by atoms with van der Waals surface area (Å²) in [5, 5.41) is 17.6. The van der Waals surface area contributed by atoms with Crippen LogP contribution in [-0.4, -0.2) is 54.5 Å². The average molecular weight is 398 g/mol. The zero-order valence-corrected chi connectivity index (χ0v) is 16.9. The molecule has 0 aromatic carbocycles. The van der Waals surface area contributed by atoms with Gasteiger partial charge in [0.1, 0.15) is 17.8 Å². The molecule has 3 heterocycles. The number of aromatic nitrogens is 4. The highest BCUT2D eigenvalue weighted by Crippen LogP contribution is 2.30. The van der Waals surface area contributed by atoms with Crippen molar-refractivity contribution >= 4 is 11.6 Å². The molecule has 155 valence electrons. The number of rotatable bonds is 6. The molecule has 2 aromatic heterocycles. The molecule has 4 atom stereocenters. The Bertz CT molecular complexity index is 871. The van der Waals surface area contributed by atoms with Crippen LogP contribution in [0.5, 0.6) is 0 Å². The fourth-order valence-electron chi connectivity index (χ4n) is 4.16. The maximum atomic E-state index is 13.0. The van der Waals surface area contributed by atoms with E-state index in [1.807, 2.05) is 0 Å². The first-order chi connectivity index (χ1) is 13.8. The number of hydrogen-bond acceptors (Lipinski definition) is 7. The van der Waals surface area contributed by atoms with E-state index in [1.165, 1.54) is 12.5 Å². The van der Waals surface area contributed by atoms with Crippen molar-refractivity contribution in [2.75, 3.05) is 5.32 Å². The fraction of sp³-hybridized carbons (Fsp3) is 0.571. The van der Waals surface area contributed by atoms with E-state index in [2.05, 4.69) is 41.2 Å². The molecular weight excluding hydrogens is 370 g/mol. The van der Waals surface area contributed by atoms with Crippen LogP contribution < -0.4 is 5.32 Å². The van der Waals surface area contributed by atoms with E-state index < -0.39 is 6.10 Å². The van der Waals surface area contributed by atoms with Crippen LogP contribution in [0, 0.1) is 12.8 Å². The number of anilines is 1. The topological polar surface area (TPSA) is 102 Å². The van der Waals surface area contributed by atoms with Gasteiger partial charge in [-0.15, -0.1) is 0 Å². The zero-order valence-electron chi connectivity index (χ0n) is 16.9. The van der Waals surface area contributed by atoms with Crippen LogP contribution in [0.1, 0.15) is 55.6 Å². The highest BCUT2D eigenvalue weighted by Gasteiger charge is 2.33. The third-order valence-corrected chi connectivity index (χ3v) is 5.77. The maximum absolute atomic E-state index is 13.0. The Kier molecular flexibility index (Phi) is 5.40. The van der Waals surface area contributed by atoms with Crippen molar-refractivity contribution in [2.24, 2.45) is 5.92 Å². The lowest BCUT2D eigenvalue weighted by molar-refractivity contribution is -0.0230. The predicted octanol–water partition coefficient (Wildman–Crippen LogP) is 2.25. The Morgan fingerprint density at radius 2 is 2.28 bits per heavy atom. The van der Waals surface area contributed by atoms with Crippen LogP contribution in [0.15, 0.2) is 24.8 Å². The predicted molar refractivity (Wildman–Crippen MR) is 107 cm³/mol. The van der Waals surface area contributed by atoms with Crippen molar-refractivity contribution in [2.45, 2.75) is 69.9 Å². The summed E-state index contributed by atoms with van der Waals surface area (Å²) in [5.41, 5.74) is 0.624. The summed E-state index contributed by atoms with van der Waals surface area (Å²) in [6, 6.07) is 1.74. The number of aliphatic hydroxyl groups excluding tert-OH is 1. The number of hydrogen-bond donors (Lipinski definition) is 2. The standard InChI is InChI=1S/C21H28N5O3/c1-13-8-14(9-18(13)27)24-20-16(10-22-12-23-20)19(28)17-5-7-26(25-17)11-15-4-6-21(2,3)29-15/h5,7,10,12-15,18,27H,1,4,6,8-9,11H2,2-3H3,(H,22,23,24)/t13-,14-,15-,18+/m1/s1. The molecule has 2 N–H and O–H groups in total. The van der Waals surface area contributed by atoms with E-state index in [9.17, 15) is 9.90 Å². The molecule has 29 heavy (non-hydrogen) atoms. The molecule has 2 aliphatic rings. The number of ether oxygens (including phenoxy) is 1. The quantitative estimate of drug-likeness (QED) is 0.720. The monoisotopic (exact) mass is 398 g/mol. The molecular formula is C21H28N5O3. The molecule has 1 aliphatic carbocycles. The summed E-state index contributed by atoms with van der Waals surface area (Å²) in [7, 11) is 0. The van der Waals surface area contributed by atoms with Gasteiger partial charge in [0.05, 0.1) is 29.9 Å². The van der Waals surface area contributed by atoms with Crippen molar-refractivity contribution in [3.05, 3.63) is 43.0 Å². The molecule has 1 saturated heterocycles. The van der Waals surface area contributed by atoms with Gasteiger partial charge in [-0.05, 0) is 58.4 Å². The van der Waals surface area contributed by atoms with E-state index >= 15 is 0 Å². The Morgan fingerprint density at radius 1 is 1.45 bits per heavy atom. The van der Waals surface area contributed by atoms with Gasteiger partial charge < -0.3 is 15.2 Å². The van der Waals surface area contributed by atoms with Gasteiger partial charge in [-0.3, -0.25) is 9.48 Å². The minimum Gasteiger partial charge on any atom is -0.393 e. The highest BCUT2D eigenvalue weighted by atomic mass is 16.5. The van der Waals surface area contributed by atoms with Crippen LogP contribution in [0.4, 0.5) is 5.82 Å². The number of ketones is 1. The number of carbonyl (C=O) groups excluding carboxylic acids is 1. The van der Waals surface area contributed by atoms with Crippen molar-refractivity contribution in [1.82, 2.24) is 19.7 Å². The van der Waals surface area contributed by atoms with Crippen molar-refractivity contribution in [3.63, 3.8) is 0 Å². The maximum Gasteiger partial charge on any atom is 0.218 e. The first-order valence-electron chi connectivity index (χ1n) is 10.1. The summed E-state index contributed by atoms with van der Waals surface area (Å²) >= 11 is 0. The molecule has 8 heteroatoms. The molecule has 2 fully saturated rings. The second-order valence-corrected chi connectivity index (χ2v) is 8.72. The van der Waals surface area contributed by atoms with Crippen LogP contribution in [0.25, 0.3) is 0 Å². The third kappa shape index (κ3) is 4.48. The van der Waals surface area contributed by atoms with E-state index in [0.29, 0.717) is 30.0 Å². The lowest BCUT2D eigenvalue weighted by Crippen LogP contribution is -2.23. The second-order valence-electron chi connectivity index (χ2n) is 8.72. The lowest BCUT2D eigenvalue weighted by Gasteiger charge is -2.19. The minimum absolute atomic E-state index is 0.0213. The van der Waals surface area contributed by atoms with Gasteiger partial charge in [-0.2, -0.15) is 5.10 Å². The molecule has 1 radical (unpaired) electrons. The van der Waals surface area contributed by atoms with Crippen LogP contribution >= 0.6 is 0 Å². The molecule has 0 bridgehead atoms. The molecule has 4 rings (SSSR count). The van der Waals surface area contributed by atoms with Gasteiger partial charge in [0.15, 0.2) is 0 Å². The van der Waals surface area contributed by atoms with Gasteiger partial charge in [0.2, 0.25) is 5.78 Å². The van der Waals surface area contributed by atoms with Gasteiger partial charge in [0, 0.05) is 18.4 Å². The van der Waals surface area contributed by atoms with Gasteiger partial charge in [-0.25, -0.2) is 9.97 Å². The van der Waals surface area contributed by atoms with Crippen molar-refractivity contribution < 1.29 is 14.6 Å². The van der Waals surface area contributed by atoms with Crippen molar-refractivity contribution in [3.8, 4) is 0 Å². The number of nitrogens with zero attached hydrogens (tertiary/aromatic N) is 4.